The number of nitrogens with one attached hydrogen (secondary N) is 1. The number of amides is 1. The molecule has 1 heterocycles. The Kier molecular flexibility index (Phi) is 4.37. The highest BCUT2D eigenvalue weighted by Gasteiger charge is 2.11. The summed E-state index contributed by atoms with van der Waals surface area (Å²) in [4.78, 5) is 12.3. The smallest absolute Gasteiger partial charge is 0.275 e. The summed E-state index contributed by atoms with van der Waals surface area (Å²) in [5.41, 5.74) is 4.28. The number of hydrazone groups is 1. The summed E-state index contributed by atoms with van der Waals surface area (Å²) in [5, 5.41) is 20.1. The van der Waals surface area contributed by atoms with Gasteiger partial charge in [-0.1, -0.05) is 42.5 Å². The highest BCUT2D eigenvalue weighted by molar-refractivity contribution is 6.01. The highest BCUT2D eigenvalue weighted by atomic mass is 16.3. The van der Waals surface area contributed by atoms with Crippen molar-refractivity contribution in [2.75, 3.05) is 0 Å². The van der Waals surface area contributed by atoms with Gasteiger partial charge < -0.3 is 5.11 Å². The molecule has 4 rings (SSSR count). The van der Waals surface area contributed by atoms with E-state index in [1.165, 1.54) is 6.21 Å². The maximum atomic E-state index is 12.3. The minimum Gasteiger partial charge on any atom is -0.507 e. The number of phenols is 1. The van der Waals surface area contributed by atoms with Crippen LogP contribution in [0.3, 0.4) is 0 Å². The molecule has 3 aromatic carbocycles. The predicted octanol–water partition coefficient (Wildman–Crippen LogP) is 3.50. The fourth-order valence-electron chi connectivity index (χ4n) is 2.76. The van der Waals surface area contributed by atoms with Crippen molar-refractivity contribution in [2.24, 2.45) is 5.10 Å². The third kappa shape index (κ3) is 3.55. The minimum atomic E-state index is -0.482. The predicted molar refractivity (Wildman–Crippen MR) is 104 cm³/mol. The molecule has 0 bridgehead atoms. The molecule has 6 heteroatoms. The largest absolute Gasteiger partial charge is 0.507 e. The summed E-state index contributed by atoms with van der Waals surface area (Å²) in [6, 6.07) is 20.4. The van der Waals surface area contributed by atoms with Gasteiger partial charge in [0.2, 0.25) is 0 Å². The summed E-state index contributed by atoms with van der Waals surface area (Å²) < 4.78 is 1.72. The number of aromatic nitrogens is 2. The molecule has 0 aliphatic carbocycles. The van der Waals surface area contributed by atoms with Crippen LogP contribution < -0.4 is 5.43 Å². The summed E-state index contributed by atoms with van der Waals surface area (Å²) in [6.45, 7) is 0. The zero-order chi connectivity index (χ0) is 18.6. The van der Waals surface area contributed by atoms with Crippen LogP contribution in [0.4, 0.5) is 0 Å². The minimum absolute atomic E-state index is 0.0849. The van der Waals surface area contributed by atoms with Gasteiger partial charge in [0.1, 0.15) is 5.75 Å². The van der Waals surface area contributed by atoms with Gasteiger partial charge in [-0.25, -0.2) is 10.1 Å². The van der Waals surface area contributed by atoms with Crippen LogP contribution in [0.25, 0.3) is 16.5 Å². The number of rotatable bonds is 4. The third-order valence-electron chi connectivity index (χ3n) is 4.11. The van der Waals surface area contributed by atoms with E-state index >= 15 is 0 Å². The van der Waals surface area contributed by atoms with Crippen LogP contribution in [0.5, 0.6) is 5.75 Å². The Morgan fingerprint density at radius 3 is 2.52 bits per heavy atom. The van der Waals surface area contributed by atoms with Crippen molar-refractivity contribution in [3.8, 4) is 11.4 Å². The highest BCUT2D eigenvalue weighted by Crippen LogP contribution is 2.24. The Hall–Kier alpha value is -3.93. The average molecular weight is 356 g/mol. The summed E-state index contributed by atoms with van der Waals surface area (Å²) >= 11 is 0. The standard InChI is InChI=1S/C21H16N4O2/c26-20-11-17-7-5-4-6-16(17)10-19(20)21(27)24-22-12-15-13-23-25(14-15)18-8-2-1-3-9-18/h1-14,26H,(H,24,27)/b22-12-. The Morgan fingerprint density at radius 2 is 1.74 bits per heavy atom. The zero-order valence-corrected chi connectivity index (χ0v) is 14.3. The topological polar surface area (TPSA) is 79.5 Å². The molecule has 0 spiro atoms. The SMILES string of the molecule is O=C(N/N=C\c1cnn(-c2ccccc2)c1)c1cc2ccccc2cc1O. The van der Waals surface area contributed by atoms with E-state index in [9.17, 15) is 9.90 Å². The maximum absolute atomic E-state index is 12.3. The maximum Gasteiger partial charge on any atom is 0.275 e. The first kappa shape index (κ1) is 16.5. The number of nitrogens with zero attached hydrogens (tertiary/aromatic N) is 3. The number of fused-ring (bicyclic) bond motifs is 1. The third-order valence-corrected chi connectivity index (χ3v) is 4.11. The average Bonchev–Trinajstić information content (AvgIpc) is 3.17. The monoisotopic (exact) mass is 356 g/mol. The molecule has 0 radical (unpaired) electrons. The van der Waals surface area contributed by atoms with Crippen LogP contribution in [0.2, 0.25) is 0 Å². The molecule has 0 aliphatic heterocycles. The first-order valence-corrected chi connectivity index (χ1v) is 8.36. The summed E-state index contributed by atoms with van der Waals surface area (Å²) in [6.07, 6.45) is 4.96. The lowest BCUT2D eigenvalue weighted by atomic mass is 10.1. The summed E-state index contributed by atoms with van der Waals surface area (Å²) in [7, 11) is 0. The van der Waals surface area contributed by atoms with Crippen LogP contribution in [0, 0.1) is 0 Å². The van der Waals surface area contributed by atoms with E-state index in [4.69, 9.17) is 0 Å². The lowest BCUT2D eigenvalue weighted by Gasteiger charge is -2.05. The number of aromatic hydroxyl groups is 1. The van der Waals surface area contributed by atoms with Crippen molar-refractivity contribution in [1.29, 1.82) is 0 Å². The number of phenolic OH excluding ortho intramolecular Hbond substituents is 1. The number of hydrogen-bond acceptors (Lipinski definition) is 4. The van der Waals surface area contributed by atoms with Crippen LogP contribution in [-0.2, 0) is 0 Å². The molecule has 1 aromatic heterocycles. The van der Waals surface area contributed by atoms with E-state index in [2.05, 4.69) is 15.6 Å². The second kappa shape index (κ2) is 7.13. The second-order valence-corrected chi connectivity index (χ2v) is 5.97. The van der Waals surface area contributed by atoms with E-state index in [0.29, 0.717) is 0 Å². The van der Waals surface area contributed by atoms with Crippen LogP contribution in [0.1, 0.15) is 15.9 Å². The molecule has 0 fully saturated rings. The first-order valence-electron chi connectivity index (χ1n) is 8.36. The van der Waals surface area contributed by atoms with Crippen molar-refractivity contribution in [1.82, 2.24) is 15.2 Å². The molecule has 2 N–H and O–H groups in total. The van der Waals surface area contributed by atoms with Gasteiger partial charge in [-0.05, 0) is 35.0 Å². The number of carbonyl (C=O) groups excluding carboxylic acids is 1. The fourth-order valence-corrected chi connectivity index (χ4v) is 2.76. The molecule has 4 aromatic rings. The molecule has 6 nitrogen and oxygen atoms in total. The van der Waals surface area contributed by atoms with E-state index in [-0.39, 0.29) is 11.3 Å². The van der Waals surface area contributed by atoms with Crippen molar-refractivity contribution in [2.45, 2.75) is 0 Å². The van der Waals surface area contributed by atoms with Crippen LogP contribution in [0.15, 0.2) is 84.2 Å². The van der Waals surface area contributed by atoms with Gasteiger partial charge in [0.15, 0.2) is 0 Å². The van der Waals surface area contributed by atoms with E-state index in [0.717, 1.165) is 22.0 Å². The first-order chi connectivity index (χ1) is 13.2. The van der Waals surface area contributed by atoms with Gasteiger partial charge in [-0.2, -0.15) is 10.2 Å². The molecule has 27 heavy (non-hydrogen) atoms. The lowest BCUT2D eigenvalue weighted by Crippen LogP contribution is -2.17. The molecule has 0 saturated carbocycles. The van der Waals surface area contributed by atoms with E-state index in [1.807, 2.05) is 54.6 Å². The lowest BCUT2D eigenvalue weighted by molar-refractivity contribution is 0.0952. The number of para-hydroxylation sites is 1. The number of hydrogen-bond donors (Lipinski definition) is 2. The van der Waals surface area contributed by atoms with E-state index < -0.39 is 5.91 Å². The van der Waals surface area contributed by atoms with E-state index in [1.54, 1.807) is 29.2 Å². The van der Waals surface area contributed by atoms with Crippen LogP contribution in [-0.4, -0.2) is 27.0 Å². The van der Waals surface area contributed by atoms with Gasteiger partial charge >= 0.3 is 0 Å². The molecular formula is C21H16N4O2. The Balaban J connectivity index is 1.48. The molecular weight excluding hydrogens is 340 g/mol. The fraction of sp³-hybridized carbons (Fsp3) is 0. The molecule has 1 amide bonds. The molecule has 0 saturated heterocycles. The summed E-state index contributed by atoms with van der Waals surface area (Å²) in [5.74, 6) is -0.566. The Labute approximate surface area is 155 Å². The quantitative estimate of drug-likeness (QED) is 0.434. The van der Waals surface area contributed by atoms with Crippen molar-refractivity contribution >= 4 is 22.9 Å². The van der Waals surface area contributed by atoms with Gasteiger partial charge in [-0.3, -0.25) is 4.79 Å². The number of benzene rings is 3. The van der Waals surface area contributed by atoms with Crippen molar-refractivity contribution < 1.29 is 9.90 Å². The zero-order valence-electron chi connectivity index (χ0n) is 14.3. The second-order valence-electron chi connectivity index (χ2n) is 5.97. The molecule has 0 unspecified atom stereocenters. The van der Waals surface area contributed by atoms with Crippen LogP contribution >= 0.6 is 0 Å². The normalized spacial score (nSPS) is 11.1. The Bertz CT molecular complexity index is 1130. The van der Waals surface area contributed by atoms with Gasteiger partial charge in [0.05, 0.1) is 23.7 Å². The van der Waals surface area contributed by atoms with Gasteiger partial charge in [0, 0.05) is 11.8 Å². The number of carbonyl (C=O) groups is 1. The van der Waals surface area contributed by atoms with Gasteiger partial charge in [0.25, 0.3) is 5.91 Å². The van der Waals surface area contributed by atoms with Gasteiger partial charge in [-0.15, -0.1) is 0 Å². The molecule has 0 atom stereocenters. The molecule has 0 aliphatic rings. The Morgan fingerprint density at radius 1 is 1.04 bits per heavy atom. The molecule has 132 valence electrons. The van der Waals surface area contributed by atoms with Crippen molar-refractivity contribution in [3.63, 3.8) is 0 Å². The van der Waals surface area contributed by atoms with Crippen molar-refractivity contribution in [3.05, 3.63) is 90.3 Å².